The number of hydrogen-bond acceptors (Lipinski definition) is 2. The number of guanidine groups is 1. The van der Waals surface area contributed by atoms with Crippen molar-refractivity contribution in [2.24, 2.45) is 16.3 Å². The molecule has 0 radical (unpaired) electrons. The van der Waals surface area contributed by atoms with Crippen LogP contribution in [0, 0.1) is 11.3 Å². The minimum absolute atomic E-state index is 0.122. The van der Waals surface area contributed by atoms with Gasteiger partial charge in [0.25, 0.3) is 0 Å². The highest BCUT2D eigenvalue weighted by Gasteiger charge is 2.24. The van der Waals surface area contributed by atoms with Crippen LogP contribution in [0.5, 0.6) is 0 Å². The zero-order valence-corrected chi connectivity index (χ0v) is 13.1. The maximum absolute atomic E-state index is 5.52. The maximum atomic E-state index is 5.52. The lowest BCUT2D eigenvalue weighted by Crippen LogP contribution is -2.45. The standard InChI is InChI=1S/C14H31N3O/c1-8-15-13(16-9-11(2)3)17-10-12(18-7)14(4,5)6/h11-12H,8-10H2,1-7H3,(H2,15,16,17). The van der Waals surface area contributed by atoms with Gasteiger partial charge in [-0.3, -0.25) is 4.99 Å². The zero-order valence-electron chi connectivity index (χ0n) is 13.1. The molecule has 0 aromatic carbocycles. The van der Waals surface area contributed by atoms with Crippen molar-refractivity contribution < 1.29 is 4.74 Å². The Hall–Kier alpha value is -0.770. The second kappa shape index (κ2) is 8.35. The molecule has 0 aliphatic heterocycles. The number of rotatable bonds is 6. The van der Waals surface area contributed by atoms with Crippen molar-refractivity contribution in [1.82, 2.24) is 10.6 Å². The smallest absolute Gasteiger partial charge is 0.191 e. The molecular formula is C14H31N3O. The molecule has 0 aliphatic rings. The van der Waals surface area contributed by atoms with Crippen LogP contribution in [0.25, 0.3) is 0 Å². The number of nitrogens with zero attached hydrogens (tertiary/aromatic N) is 1. The average Bonchev–Trinajstić information content (AvgIpc) is 2.24. The quantitative estimate of drug-likeness (QED) is 0.567. The number of nitrogens with one attached hydrogen (secondary N) is 2. The van der Waals surface area contributed by atoms with Crippen molar-refractivity contribution in [3.05, 3.63) is 0 Å². The second-order valence-corrected chi connectivity index (χ2v) is 6.08. The SMILES string of the molecule is CCNC(=NCC(C)C)NCC(OC)C(C)(C)C. The molecule has 0 saturated heterocycles. The lowest BCUT2D eigenvalue weighted by molar-refractivity contribution is 0.0205. The molecule has 1 unspecified atom stereocenters. The molecule has 18 heavy (non-hydrogen) atoms. The summed E-state index contributed by atoms with van der Waals surface area (Å²) in [4.78, 5) is 4.54. The molecule has 0 rings (SSSR count). The molecule has 4 nitrogen and oxygen atoms in total. The summed E-state index contributed by atoms with van der Waals surface area (Å²) in [5.74, 6) is 1.44. The van der Waals surface area contributed by atoms with Gasteiger partial charge in [0, 0.05) is 26.7 Å². The number of ether oxygens (including phenoxy) is 1. The van der Waals surface area contributed by atoms with E-state index < -0.39 is 0 Å². The first-order chi connectivity index (χ1) is 8.31. The minimum atomic E-state index is 0.122. The van der Waals surface area contributed by atoms with Crippen LogP contribution < -0.4 is 10.6 Å². The topological polar surface area (TPSA) is 45.7 Å². The largest absolute Gasteiger partial charge is 0.379 e. The summed E-state index contributed by atoms with van der Waals surface area (Å²) in [6.45, 7) is 15.4. The lowest BCUT2D eigenvalue weighted by atomic mass is 9.89. The van der Waals surface area contributed by atoms with Crippen LogP contribution in [-0.4, -0.2) is 38.8 Å². The van der Waals surface area contributed by atoms with Gasteiger partial charge in [0.05, 0.1) is 6.10 Å². The van der Waals surface area contributed by atoms with Crippen molar-refractivity contribution in [2.75, 3.05) is 26.7 Å². The van der Waals surface area contributed by atoms with E-state index in [1.807, 2.05) is 0 Å². The normalized spacial score (nSPS) is 14.8. The highest BCUT2D eigenvalue weighted by Crippen LogP contribution is 2.20. The fraction of sp³-hybridized carbons (Fsp3) is 0.929. The summed E-state index contributed by atoms with van der Waals surface area (Å²) in [6.07, 6.45) is 0.167. The summed E-state index contributed by atoms with van der Waals surface area (Å²) in [5, 5.41) is 6.60. The van der Waals surface area contributed by atoms with Crippen molar-refractivity contribution >= 4 is 5.96 Å². The lowest BCUT2D eigenvalue weighted by Gasteiger charge is -2.30. The van der Waals surface area contributed by atoms with Gasteiger partial charge in [0.1, 0.15) is 0 Å². The van der Waals surface area contributed by atoms with Gasteiger partial charge in [0.15, 0.2) is 5.96 Å². The molecule has 0 fully saturated rings. The van der Waals surface area contributed by atoms with Gasteiger partial charge >= 0.3 is 0 Å². The molecule has 4 heteroatoms. The molecule has 0 aromatic rings. The van der Waals surface area contributed by atoms with Crippen LogP contribution in [0.2, 0.25) is 0 Å². The Bertz CT molecular complexity index is 244. The van der Waals surface area contributed by atoms with Crippen molar-refractivity contribution in [3.8, 4) is 0 Å². The van der Waals surface area contributed by atoms with Crippen LogP contribution in [-0.2, 0) is 4.74 Å². The van der Waals surface area contributed by atoms with Crippen molar-refractivity contribution in [2.45, 2.75) is 47.6 Å². The molecular weight excluding hydrogens is 226 g/mol. The van der Waals surface area contributed by atoms with E-state index in [1.165, 1.54) is 0 Å². The molecule has 2 N–H and O–H groups in total. The molecule has 0 amide bonds. The first-order valence-electron chi connectivity index (χ1n) is 6.86. The second-order valence-electron chi connectivity index (χ2n) is 6.08. The Balaban J connectivity index is 4.37. The van der Waals surface area contributed by atoms with E-state index >= 15 is 0 Å². The van der Waals surface area contributed by atoms with E-state index in [1.54, 1.807) is 7.11 Å². The van der Waals surface area contributed by atoms with E-state index in [2.05, 4.69) is 57.2 Å². The van der Waals surface area contributed by atoms with E-state index in [0.29, 0.717) is 5.92 Å². The van der Waals surface area contributed by atoms with Crippen LogP contribution in [0.3, 0.4) is 0 Å². The Kier molecular flexibility index (Phi) is 8.00. The van der Waals surface area contributed by atoms with Gasteiger partial charge in [-0.25, -0.2) is 0 Å². The molecule has 0 bridgehead atoms. The van der Waals surface area contributed by atoms with E-state index in [0.717, 1.165) is 25.6 Å². The monoisotopic (exact) mass is 257 g/mol. The van der Waals surface area contributed by atoms with Gasteiger partial charge in [-0.15, -0.1) is 0 Å². The van der Waals surface area contributed by atoms with Crippen LogP contribution >= 0.6 is 0 Å². The highest BCUT2D eigenvalue weighted by atomic mass is 16.5. The van der Waals surface area contributed by atoms with Gasteiger partial charge in [0.2, 0.25) is 0 Å². The first kappa shape index (κ1) is 17.2. The third-order valence-electron chi connectivity index (χ3n) is 2.66. The fourth-order valence-corrected chi connectivity index (χ4v) is 1.55. The summed E-state index contributed by atoms with van der Waals surface area (Å²) < 4.78 is 5.52. The minimum Gasteiger partial charge on any atom is -0.379 e. The van der Waals surface area contributed by atoms with Gasteiger partial charge in [-0.2, -0.15) is 0 Å². The number of methoxy groups -OCH3 is 1. The predicted molar refractivity (Wildman–Crippen MR) is 79.1 cm³/mol. The highest BCUT2D eigenvalue weighted by molar-refractivity contribution is 5.79. The molecule has 108 valence electrons. The third-order valence-corrected chi connectivity index (χ3v) is 2.66. The zero-order chi connectivity index (χ0) is 14.2. The van der Waals surface area contributed by atoms with Gasteiger partial charge in [-0.05, 0) is 18.3 Å². The van der Waals surface area contributed by atoms with Crippen molar-refractivity contribution in [3.63, 3.8) is 0 Å². The Morgan fingerprint density at radius 3 is 2.22 bits per heavy atom. The van der Waals surface area contributed by atoms with Crippen LogP contribution in [0.4, 0.5) is 0 Å². The van der Waals surface area contributed by atoms with Gasteiger partial charge in [-0.1, -0.05) is 34.6 Å². The fourth-order valence-electron chi connectivity index (χ4n) is 1.55. The van der Waals surface area contributed by atoms with Gasteiger partial charge < -0.3 is 15.4 Å². The molecule has 0 aromatic heterocycles. The number of aliphatic imine (C=N–C) groups is 1. The third kappa shape index (κ3) is 7.54. The summed E-state index contributed by atoms with van der Waals surface area (Å²) in [7, 11) is 1.76. The average molecular weight is 257 g/mol. The van der Waals surface area contributed by atoms with Crippen LogP contribution in [0.15, 0.2) is 4.99 Å². The first-order valence-corrected chi connectivity index (χ1v) is 6.86. The Morgan fingerprint density at radius 1 is 1.22 bits per heavy atom. The Labute approximate surface area is 113 Å². The molecule has 0 saturated carbocycles. The van der Waals surface area contributed by atoms with E-state index in [4.69, 9.17) is 4.74 Å². The van der Waals surface area contributed by atoms with Crippen LogP contribution in [0.1, 0.15) is 41.5 Å². The van der Waals surface area contributed by atoms with E-state index in [-0.39, 0.29) is 11.5 Å². The van der Waals surface area contributed by atoms with E-state index in [9.17, 15) is 0 Å². The maximum Gasteiger partial charge on any atom is 0.191 e. The molecule has 0 aliphatic carbocycles. The molecule has 1 atom stereocenters. The number of hydrogen-bond donors (Lipinski definition) is 2. The summed E-state index contributed by atoms with van der Waals surface area (Å²) in [6, 6.07) is 0. The Morgan fingerprint density at radius 2 is 1.83 bits per heavy atom. The predicted octanol–water partition coefficient (Wildman–Crippen LogP) is 2.26. The van der Waals surface area contributed by atoms with Crippen molar-refractivity contribution in [1.29, 1.82) is 0 Å². The summed E-state index contributed by atoms with van der Waals surface area (Å²) >= 11 is 0. The summed E-state index contributed by atoms with van der Waals surface area (Å²) in [5.41, 5.74) is 0.122. The molecule has 0 spiro atoms. The molecule has 0 heterocycles.